The molecule has 2 N–H and O–H groups in total. The SMILES string of the molecule is Cc1cc(CC(=O)N[C@H]2CCO[C@H]2c2ccc(Cl)c(F)c2)n[nH]1. The summed E-state index contributed by atoms with van der Waals surface area (Å²) in [4.78, 5) is 12.2. The highest BCUT2D eigenvalue weighted by molar-refractivity contribution is 6.30. The molecule has 1 aliphatic heterocycles. The first-order valence-corrected chi connectivity index (χ1v) is 7.77. The molecule has 2 heterocycles. The first-order valence-electron chi connectivity index (χ1n) is 7.40. The van der Waals surface area contributed by atoms with Crippen molar-refractivity contribution in [3.05, 3.63) is 52.1 Å². The van der Waals surface area contributed by atoms with Gasteiger partial charge in [0.2, 0.25) is 5.91 Å². The highest BCUT2D eigenvalue weighted by atomic mass is 35.5. The number of nitrogens with one attached hydrogen (secondary N) is 2. The van der Waals surface area contributed by atoms with Gasteiger partial charge in [0.05, 0.1) is 23.2 Å². The molecular weight excluding hydrogens is 321 g/mol. The van der Waals surface area contributed by atoms with E-state index in [4.69, 9.17) is 16.3 Å². The molecule has 0 aliphatic carbocycles. The predicted molar refractivity (Wildman–Crippen MR) is 83.7 cm³/mol. The number of aromatic amines is 1. The van der Waals surface area contributed by atoms with Crippen molar-refractivity contribution in [2.75, 3.05) is 6.61 Å². The summed E-state index contributed by atoms with van der Waals surface area (Å²) < 4.78 is 19.3. The number of ether oxygens (including phenoxy) is 1. The molecule has 2 atom stereocenters. The van der Waals surface area contributed by atoms with E-state index in [2.05, 4.69) is 15.5 Å². The van der Waals surface area contributed by atoms with Crippen molar-refractivity contribution in [1.82, 2.24) is 15.5 Å². The van der Waals surface area contributed by atoms with E-state index in [1.54, 1.807) is 6.07 Å². The van der Waals surface area contributed by atoms with Crippen molar-refractivity contribution in [1.29, 1.82) is 0 Å². The second-order valence-electron chi connectivity index (χ2n) is 5.65. The Kier molecular flexibility index (Phi) is 4.63. The van der Waals surface area contributed by atoms with Crippen molar-refractivity contribution in [2.45, 2.75) is 31.9 Å². The van der Waals surface area contributed by atoms with Crippen LogP contribution in [0.5, 0.6) is 0 Å². The zero-order valence-electron chi connectivity index (χ0n) is 12.6. The average molecular weight is 338 g/mol. The predicted octanol–water partition coefficient (Wildman–Crippen LogP) is 2.70. The summed E-state index contributed by atoms with van der Waals surface area (Å²) in [6.07, 6.45) is 0.509. The van der Waals surface area contributed by atoms with Crippen LogP contribution in [-0.2, 0) is 16.0 Å². The van der Waals surface area contributed by atoms with E-state index in [1.165, 1.54) is 12.1 Å². The fourth-order valence-corrected chi connectivity index (χ4v) is 2.86. The fourth-order valence-electron chi connectivity index (χ4n) is 2.74. The number of aromatic nitrogens is 2. The lowest BCUT2D eigenvalue weighted by molar-refractivity contribution is -0.121. The van der Waals surface area contributed by atoms with E-state index in [9.17, 15) is 9.18 Å². The molecule has 5 nitrogen and oxygen atoms in total. The molecule has 1 aromatic carbocycles. The van der Waals surface area contributed by atoms with E-state index >= 15 is 0 Å². The lowest BCUT2D eigenvalue weighted by Crippen LogP contribution is -2.37. The van der Waals surface area contributed by atoms with Crippen molar-refractivity contribution in [3.8, 4) is 0 Å². The molecule has 0 unspecified atom stereocenters. The topological polar surface area (TPSA) is 67.0 Å². The van der Waals surface area contributed by atoms with Crippen LogP contribution in [0.3, 0.4) is 0 Å². The maximum Gasteiger partial charge on any atom is 0.226 e. The molecule has 1 aromatic heterocycles. The Morgan fingerprint density at radius 3 is 3.04 bits per heavy atom. The molecule has 1 fully saturated rings. The van der Waals surface area contributed by atoms with Gasteiger partial charge in [0.1, 0.15) is 11.9 Å². The van der Waals surface area contributed by atoms with Gasteiger partial charge in [-0.15, -0.1) is 0 Å². The molecule has 7 heteroatoms. The minimum atomic E-state index is -0.489. The first-order chi connectivity index (χ1) is 11.0. The van der Waals surface area contributed by atoms with Gasteiger partial charge < -0.3 is 10.1 Å². The van der Waals surface area contributed by atoms with Crippen LogP contribution in [0.4, 0.5) is 4.39 Å². The zero-order chi connectivity index (χ0) is 16.4. The number of hydrogen-bond donors (Lipinski definition) is 2. The van der Waals surface area contributed by atoms with Crippen LogP contribution in [0.25, 0.3) is 0 Å². The maximum absolute atomic E-state index is 13.6. The number of benzene rings is 1. The summed E-state index contributed by atoms with van der Waals surface area (Å²) >= 11 is 5.70. The minimum Gasteiger partial charge on any atom is -0.371 e. The lowest BCUT2D eigenvalue weighted by atomic mass is 10.0. The summed E-state index contributed by atoms with van der Waals surface area (Å²) in [5.74, 6) is -0.622. The summed E-state index contributed by atoms with van der Waals surface area (Å²) in [7, 11) is 0. The smallest absolute Gasteiger partial charge is 0.226 e. The Labute approximate surface area is 138 Å². The molecule has 3 rings (SSSR count). The maximum atomic E-state index is 13.6. The highest BCUT2D eigenvalue weighted by Gasteiger charge is 2.31. The third-order valence-electron chi connectivity index (χ3n) is 3.81. The van der Waals surface area contributed by atoms with Gasteiger partial charge in [-0.1, -0.05) is 17.7 Å². The average Bonchev–Trinajstić information content (AvgIpc) is 3.11. The van der Waals surface area contributed by atoms with Gasteiger partial charge in [-0.25, -0.2) is 4.39 Å². The summed E-state index contributed by atoms with van der Waals surface area (Å²) in [6.45, 7) is 2.39. The summed E-state index contributed by atoms with van der Waals surface area (Å²) in [5.41, 5.74) is 2.27. The fraction of sp³-hybridized carbons (Fsp3) is 0.375. The normalized spacial score (nSPS) is 20.7. The Hall–Kier alpha value is -1.92. The Bertz CT molecular complexity index is 719. The van der Waals surface area contributed by atoms with Crippen LogP contribution in [-0.4, -0.2) is 28.8 Å². The van der Waals surface area contributed by atoms with Crippen LogP contribution in [0.15, 0.2) is 24.3 Å². The minimum absolute atomic E-state index is 0.0706. The van der Waals surface area contributed by atoms with Gasteiger partial charge in [-0.2, -0.15) is 5.10 Å². The molecule has 1 saturated heterocycles. The van der Waals surface area contributed by atoms with Crippen molar-refractivity contribution in [2.24, 2.45) is 0 Å². The number of carbonyl (C=O) groups excluding carboxylic acids is 1. The third-order valence-corrected chi connectivity index (χ3v) is 4.12. The van der Waals surface area contributed by atoms with E-state index in [1.807, 2.05) is 13.0 Å². The number of amides is 1. The van der Waals surface area contributed by atoms with Crippen molar-refractivity contribution >= 4 is 17.5 Å². The molecule has 1 amide bonds. The van der Waals surface area contributed by atoms with Gasteiger partial charge in [-0.05, 0) is 37.1 Å². The quantitative estimate of drug-likeness (QED) is 0.901. The molecule has 23 heavy (non-hydrogen) atoms. The van der Waals surface area contributed by atoms with Gasteiger partial charge in [0.25, 0.3) is 0 Å². The summed E-state index contributed by atoms with van der Waals surface area (Å²) in [6, 6.07) is 6.21. The second kappa shape index (κ2) is 6.68. The van der Waals surface area contributed by atoms with Crippen molar-refractivity contribution < 1.29 is 13.9 Å². The van der Waals surface area contributed by atoms with Crippen LogP contribution in [0, 0.1) is 12.7 Å². The highest BCUT2D eigenvalue weighted by Crippen LogP contribution is 2.31. The van der Waals surface area contributed by atoms with Gasteiger partial charge in [0, 0.05) is 12.3 Å². The molecule has 0 radical (unpaired) electrons. The Balaban J connectivity index is 1.66. The number of hydrogen-bond acceptors (Lipinski definition) is 3. The number of aryl methyl sites for hydroxylation is 1. The molecular formula is C16H17ClFN3O2. The number of H-pyrrole nitrogens is 1. The molecule has 0 spiro atoms. The van der Waals surface area contributed by atoms with E-state index in [-0.39, 0.29) is 29.5 Å². The largest absolute Gasteiger partial charge is 0.371 e. The Morgan fingerprint density at radius 1 is 1.52 bits per heavy atom. The van der Waals surface area contributed by atoms with Gasteiger partial charge >= 0.3 is 0 Å². The Morgan fingerprint density at radius 2 is 2.35 bits per heavy atom. The zero-order valence-corrected chi connectivity index (χ0v) is 13.4. The van der Waals surface area contributed by atoms with Crippen molar-refractivity contribution in [3.63, 3.8) is 0 Å². The number of halogens is 2. The standard InChI is InChI=1S/C16H17ClFN3O2/c1-9-6-11(21-20-9)8-15(22)19-14-4-5-23-16(14)10-2-3-12(17)13(18)7-10/h2-3,6-7,14,16H,4-5,8H2,1H3,(H,19,22)(H,20,21)/t14-,16-/m0/s1. The molecule has 1 aliphatic rings. The summed E-state index contributed by atoms with van der Waals surface area (Å²) in [5, 5.41) is 9.87. The molecule has 0 saturated carbocycles. The van der Waals surface area contributed by atoms with Crippen LogP contribution in [0.1, 0.15) is 29.5 Å². The first kappa shape index (κ1) is 16.0. The van der Waals surface area contributed by atoms with Crippen LogP contribution in [0.2, 0.25) is 5.02 Å². The number of carbonyl (C=O) groups is 1. The number of rotatable bonds is 4. The molecule has 0 bridgehead atoms. The monoisotopic (exact) mass is 337 g/mol. The van der Waals surface area contributed by atoms with Gasteiger partial charge in [0.15, 0.2) is 0 Å². The van der Waals surface area contributed by atoms with E-state index in [0.717, 1.165) is 5.69 Å². The van der Waals surface area contributed by atoms with Crippen LogP contribution >= 0.6 is 11.6 Å². The van der Waals surface area contributed by atoms with E-state index in [0.29, 0.717) is 24.3 Å². The second-order valence-corrected chi connectivity index (χ2v) is 6.05. The van der Waals surface area contributed by atoms with E-state index < -0.39 is 5.82 Å². The molecule has 2 aromatic rings. The lowest BCUT2D eigenvalue weighted by Gasteiger charge is -2.20. The van der Waals surface area contributed by atoms with Crippen LogP contribution < -0.4 is 5.32 Å². The third kappa shape index (κ3) is 3.71. The molecule has 122 valence electrons. The number of nitrogens with zero attached hydrogens (tertiary/aromatic N) is 1. The van der Waals surface area contributed by atoms with Gasteiger partial charge in [-0.3, -0.25) is 9.89 Å².